The molecule has 3 nitrogen and oxygen atoms in total. The number of ether oxygens (including phenoxy) is 1. The molecule has 4 atom stereocenters. The highest BCUT2D eigenvalue weighted by Gasteiger charge is 2.48. The van der Waals surface area contributed by atoms with Gasteiger partial charge in [0.25, 0.3) is 0 Å². The molecule has 2 saturated carbocycles. The van der Waals surface area contributed by atoms with E-state index in [1.165, 1.54) is 0 Å². The number of hydrogen-bond acceptors (Lipinski definition) is 3. The minimum Gasteiger partial charge on any atom is -0.466 e. The van der Waals surface area contributed by atoms with Crippen LogP contribution in [0.2, 0.25) is 0 Å². The Morgan fingerprint density at radius 1 is 1.46 bits per heavy atom. The second-order valence-corrected chi connectivity index (χ2v) is 4.24. The van der Waals surface area contributed by atoms with E-state index in [0.717, 1.165) is 19.3 Å². The largest absolute Gasteiger partial charge is 0.466 e. The maximum atomic E-state index is 11.4. The molecule has 0 aromatic rings. The zero-order chi connectivity index (χ0) is 9.42. The van der Waals surface area contributed by atoms with Crippen molar-refractivity contribution in [1.29, 1.82) is 0 Å². The maximum absolute atomic E-state index is 11.4. The number of rotatable bonds is 2. The monoisotopic (exact) mass is 183 g/mol. The van der Waals surface area contributed by atoms with Gasteiger partial charge >= 0.3 is 5.97 Å². The van der Waals surface area contributed by atoms with Gasteiger partial charge in [-0.05, 0) is 38.0 Å². The molecule has 13 heavy (non-hydrogen) atoms. The molecule has 2 fully saturated rings. The van der Waals surface area contributed by atoms with Gasteiger partial charge in [0.1, 0.15) is 0 Å². The molecule has 0 saturated heterocycles. The summed E-state index contributed by atoms with van der Waals surface area (Å²) >= 11 is 0. The van der Waals surface area contributed by atoms with E-state index in [4.69, 9.17) is 10.5 Å². The third-order valence-electron chi connectivity index (χ3n) is 3.49. The van der Waals surface area contributed by atoms with Crippen molar-refractivity contribution in [2.45, 2.75) is 32.2 Å². The van der Waals surface area contributed by atoms with Gasteiger partial charge in [0.15, 0.2) is 0 Å². The molecular weight excluding hydrogens is 166 g/mol. The first-order valence-corrected chi connectivity index (χ1v) is 5.14. The quantitative estimate of drug-likeness (QED) is 0.648. The summed E-state index contributed by atoms with van der Waals surface area (Å²) in [5.41, 5.74) is 5.85. The van der Waals surface area contributed by atoms with E-state index in [1.54, 1.807) is 0 Å². The molecule has 74 valence electrons. The van der Waals surface area contributed by atoms with Crippen molar-refractivity contribution in [2.24, 2.45) is 23.5 Å². The van der Waals surface area contributed by atoms with Crippen molar-refractivity contribution in [3.05, 3.63) is 0 Å². The Morgan fingerprint density at radius 2 is 2.23 bits per heavy atom. The zero-order valence-corrected chi connectivity index (χ0v) is 8.03. The molecule has 0 radical (unpaired) electrons. The third kappa shape index (κ3) is 1.46. The second-order valence-electron chi connectivity index (χ2n) is 4.24. The highest BCUT2D eigenvalue weighted by Crippen LogP contribution is 2.49. The molecule has 2 aliphatic carbocycles. The highest BCUT2D eigenvalue weighted by atomic mass is 16.5. The van der Waals surface area contributed by atoms with Crippen LogP contribution in [0.3, 0.4) is 0 Å². The Hall–Kier alpha value is -0.570. The maximum Gasteiger partial charge on any atom is 0.308 e. The lowest BCUT2D eigenvalue weighted by molar-refractivity contribution is -0.147. The number of esters is 1. The van der Waals surface area contributed by atoms with Gasteiger partial charge in [0, 0.05) is 6.04 Å². The number of carbonyl (C=O) groups is 1. The van der Waals surface area contributed by atoms with E-state index in [1.807, 2.05) is 6.92 Å². The van der Waals surface area contributed by atoms with Crippen molar-refractivity contribution in [2.75, 3.05) is 6.61 Å². The van der Waals surface area contributed by atoms with Crippen molar-refractivity contribution in [3.8, 4) is 0 Å². The summed E-state index contributed by atoms with van der Waals surface area (Å²) in [6.45, 7) is 2.35. The minimum absolute atomic E-state index is 0.0101. The van der Waals surface area contributed by atoms with Gasteiger partial charge in [0.2, 0.25) is 0 Å². The topological polar surface area (TPSA) is 52.3 Å². The van der Waals surface area contributed by atoms with Gasteiger partial charge < -0.3 is 10.5 Å². The molecule has 2 rings (SSSR count). The summed E-state index contributed by atoms with van der Waals surface area (Å²) in [5, 5.41) is 0. The first-order chi connectivity index (χ1) is 6.22. The van der Waals surface area contributed by atoms with Gasteiger partial charge in [-0.15, -0.1) is 0 Å². The van der Waals surface area contributed by atoms with Gasteiger partial charge in [-0.1, -0.05) is 0 Å². The average Bonchev–Trinajstić information content (AvgIpc) is 2.43. The lowest BCUT2D eigenvalue weighted by Crippen LogP contribution is -2.44. The summed E-state index contributed by atoms with van der Waals surface area (Å²) in [5.74, 6) is 1.45. The van der Waals surface area contributed by atoms with Crippen LogP contribution >= 0.6 is 0 Å². The lowest BCUT2D eigenvalue weighted by Gasteiger charge is -2.37. The van der Waals surface area contributed by atoms with Crippen LogP contribution in [0.1, 0.15) is 26.2 Å². The fourth-order valence-electron chi connectivity index (χ4n) is 2.73. The fraction of sp³-hybridized carbons (Fsp3) is 0.900. The summed E-state index contributed by atoms with van der Waals surface area (Å²) in [6.07, 6.45) is 3.09. The van der Waals surface area contributed by atoms with Gasteiger partial charge in [-0.2, -0.15) is 0 Å². The fourth-order valence-corrected chi connectivity index (χ4v) is 2.73. The molecule has 0 aromatic carbocycles. The normalized spacial score (nSPS) is 42.3. The molecular formula is C10H17NO2. The minimum atomic E-state index is -0.0101. The first-order valence-electron chi connectivity index (χ1n) is 5.14. The van der Waals surface area contributed by atoms with Crippen molar-refractivity contribution in [3.63, 3.8) is 0 Å². The SMILES string of the molecule is CCOC(=O)[C@@H]1C[C@H]2C[C@@H](N)[C@H]2C1. The zero-order valence-electron chi connectivity index (χ0n) is 8.03. The standard InChI is InChI=1S/C10H17NO2/c1-2-13-10(12)7-3-6-5-9(11)8(6)4-7/h6-9H,2-5,11H2,1H3/t6-,7+,8-,9+/m0/s1. The Balaban J connectivity index is 1.87. The third-order valence-corrected chi connectivity index (χ3v) is 3.49. The number of hydrogen-bond donors (Lipinski definition) is 1. The van der Waals surface area contributed by atoms with Crippen LogP contribution in [0.4, 0.5) is 0 Å². The van der Waals surface area contributed by atoms with Gasteiger partial charge in [-0.3, -0.25) is 4.79 Å². The molecule has 0 heterocycles. The Bertz CT molecular complexity index is 217. The van der Waals surface area contributed by atoms with Crippen molar-refractivity contribution < 1.29 is 9.53 Å². The highest BCUT2D eigenvalue weighted by molar-refractivity contribution is 5.73. The molecule has 0 unspecified atom stereocenters. The second kappa shape index (κ2) is 3.29. The van der Waals surface area contributed by atoms with E-state index in [-0.39, 0.29) is 11.9 Å². The van der Waals surface area contributed by atoms with E-state index < -0.39 is 0 Å². The molecule has 0 bridgehead atoms. The van der Waals surface area contributed by atoms with E-state index >= 15 is 0 Å². The molecule has 0 aliphatic heterocycles. The smallest absolute Gasteiger partial charge is 0.308 e. The van der Waals surface area contributed by atoms with Crippen molar-refractivity contribution >= 4 is 5.97 Å². The van der Waals surface area contributed by atoms with Crippen LogP contribution in [0, 0.1) is 17.8 Å². The molecule has 0 aromatic heterocycles. The molecule has 2 N–H and O–H groups in total. The van der Waals surface area contributed by atoms with Crippen LogP contribution in [0.5, 0.6) is 0 Å². The molecule has 2 aliphatic rings. The summed E-state index contributed by atoms with van der Waals surface area (Å²) in [7, 11) is 0. The summed E-state index contributed by atoms with van der Waals surface area (Å²) < 4.78 is 5.01. The Labute approximate surface area is 78.6 Å². The number of nitrogens with two attached hydrogens (primary N) is 1. The number of fused-ring (bicyclic) bond motifs is 1. The van der Waals surface area contributed by atoms with E-state index in [2.05, 4.69) is 0 Å². The summed E-state index contributed by atoms with van der Waals surface area (Å²) in [6, 6.07) is 0.351. The summed E-state index contributed by atoms with van der Waals surface area (Å²) in [4.78, 5) is 11.4. The first kappa shape index (κ1) is 9.00. The molecule has 0 spiro atoms. The van der Waals surface area contributed by atoms with Gasteiger partial charge in [-0.25, -0.2) is 0 Å². The van der Waals surface area contributed by atoms with Crippen LogP contribution in [0.15, 0.2) is 0 Å². The van der Waals surface area contributed by atoms with Crippen LogP contribution in [-0.2, 0) is 9.53 Å². The van der Waals surface area contributed by atoms with Crippen molar-refractivity contribution in [1.82, 2.24) is 0 Å². The van der Waals surface area contributed by atoms with Crippen LogP contribution < -0.4 is 5.73 Å². The predicted octanol–water partition coefficient (Wildman–Crippen LogP) is 0.923. The van der Waals surface area contributed by atoms with E-state index in [0.29, 0.717) is 24.5 Å². The molecule has 3 heteroatoms. The lowest BCUT2D eigenvalue weighted by atomic mass is 9.72. The Morgan fingerprint density at radius 3 is 2.77 bits per heavy atom. The average molecular weight is 183 g/mol. The molecule has 0 amide bonds. The number of carbonyl (C=O) groups excluding carboxylic acids is 1. The van der Waals surface area contributed by atoms with Crippen LogP contribution in [-0.4, -0.2) is 18.6 Å². The van der Waals surface area contributed by atoms with Gasteiger partial charge in [0.05, 0.1) is 12.5 Å². The van der Waals surface area contributed by atoms with E-state index in [9.17, 15) is 4.79 Å². The Kier molecular flexibility index (Phi) is 2.28. The predicted molar refractivity (Wildman–Crippen MR) is 48.9 cm³/mol. The van der Waals surface area contributed by atoms with Crippen LogP contribution in [0.25, 0.3) is 0 Å².